The van der Waals surface area contributed by atoms with Crippen molar-refractivity contribution in [2.45, 2.75) is 6.92 Å². The molecule has 164 valence electrons. The number of allylic oxidation sites excluding steroid dienone is 1. The maximum atomic E-state index is 14.4. The van der Waals surface area contributed by atoms with E-state index in [1.807, 2.05) is 19.0 Å². The largest absolute Gasteiger partial charge is 0.489 e. The van der Waals surface area contributed by atoms with Gasteiger partial charge in [0.2, 0.25) is 5.95 Å². The Balaban J connectivity index is 1.87. The summed E-state index contributed by atoms with van der Waals surface area (Å²) in [7, 11) is 7.22. The van der Waals surface area contributed by atoms with Gasteiger partial charge in [-0.15, -0.1) is 0 Å². The smallest absolute Gasteiger partial charge is 0.270 e. The molecule has 0 unspecified atom stereocenters. The highest BCUT2D eigenvalue weighted by molar-refractivity contribution is 5.99. The number of rotatable bonds is 8. The summed E-state index contributed by atoms with van der Waals surface area (Å²) in [6.07, 6.45) is 1.62. The lowest BCUT2D eigenvalue weighted by Crippen LogP contribution is -2.24. The molecule has 1 aromatic carbocycles. The van der Waals surface area contributed by atoms with E-state index in [0.717, 1.165) is 0 Å². The Morgan fingerprint density at radius 2 is 2.00 bits per heavy atom. The summed E-state index contributed by atoms with van der Waals surface area (Å²) in [5.74, 6) is -0.180. The summed E-state index contributed by atoms with van der Waals surface area (Å²) in [4.78, 5) is 24.8. The van der Waals surface area contributed by atoms with Crippen molar-refractivity contribution >= 4 is 34.3 Å². The van der Waals surface area contributed by atoms with Gasteiger partial charge >= 0.3 is 0 Å². The van der Waals surface area contributed by atoms with Crippen LogP contribution in [0.5, 0.6) is 5.75 Å². The highest BCUT2D eigenvalue weighted by atomic mass is 19.1. The molecular formula is C22H27FN6O2. The highest BCUT2D eigenvalue weighted by Gasteiger charge is 2.19. The SMILES string of the molecule is C=C(C)n1c(C(=O)N(C)C)cc2cnc(Nc3ccc(OCCN(C)C)c(F)c3)nc21. The second kappa shape index (κ2) is 9.13. The van der Waals surface area contributed by atoms with Crippen LogP contribution in [0.2, 0.25) is 0 Å². The van der Waals surface area contributed by atoms with Crippen molar-refractivity contribution in [2.24, 2.45) is 0 Å². The lowest BCUT2D eigenvalue weighted by atomic mass is 10.3. The number of amides is 1. The number of hydrogen-bond donors (Lipinski definition) is 1. The zero-order chi connectivity index (χ0) is 22.7. The van der Waals surface area contributed by atoms with E-state index in [-0.39, 0.29) is 17.6 Å². The average Bonchev–Trinajstić information content (AvgIpc) is 3.07. The number of nitrogens with zero attached hydrogens (tertiary/aromatic N) is 5. The number of benzene rings is 1. The van der Waals surface area contributed by atoms with E-state index in [4.69, 9.17) is 4.74 Å². The van der Waals surface area contributed by atoms with Crippen molar-refractivity contribution in [1.82, 2.24) is 24.3 Å². The first kappa shape index (κ1) is 22.2. The lowest BCUT2D eigenvalue weighted by molar-refractivity contribution is 0.0820. The van der Waals surface area contributed by atoms with Gasteiger partial charge in [-0.05, 0) is 39.2 Å². The molecule has 0 saturated heterocycles. The molecule has 0 aliphatic carbocycles. The third kappa shape index (κ3) is 5.00. The molecule has 1 N–H and O–H groups in total. The number of halogens is 1. The van der Waals surface area contributed by atoms with Crippen LogP contribution in [0.25, 0.3) is 16.7 Å². The number of ether oxygens (including phenoxy) is 1. The Hall–Kier alpha value is -3.46. The molecule has 0 fully saturated rings. The highest BCUT2D eigenvalue weighted by Crippen LogP contribution is 2.26. The van der Waals surface area contributed by atoms with Gasteiger partial charge < -0.3 is 19.9 Å². The van der Waals surface area contributed by atoms with E-state index in [1.165, 1.54) is 11.0 Å². The third-order valence-electron chi connectivity index (χ3n) is 4.53. The maximum absolute atomic E-state index is 14.4. The second-order valence-electron chi connectivity index (χ2n) is 7.69. The first-order valence-corrected chi connectivity index (χ1v) is 9.77. The Bertz CT molecular complexity index is 1120. The number of aromatic nitrogens is 3. The van der Waals surface area contributed by atoms with Crippen molar-refractivity contribution in [3.05, 3.63) is 48.6 Å². The summed E-state index contributed by atoms with van der Waals surface area (Å²) in [6.45, 7) is 6.84. The molecule has 9 heteroatoms. The zero-order valence-corrected chi connectivity index (χ0v) is 18.4. The Morgan fingerprint density at radius 1 is 1.26 bits per heavy atom. The van der Waals surface area contributed by atoms with Gasteiger partial charge in [0, 0.05) is 49.7 Å². The number of carbonyl (C=O) groups is 1. The molecule has 2 aromatic heterocycles. The standard InChI is InChI=1S/C22H27FN6O2/c1-14(2)29-18(21(30)28(5)6)11-15-13-24-22(26-20(15)29)25-16-7-8-19(17(23)12-16)31-10-9-27(3)4/h7-8,11-13H,1,9-10H2,2-6H3,(H,24,25,26). The van der Waals surface area contributed by atoms with Crippen LogP contribution in [-0.2, 0) is 0 Å². The molecule has 0 saturated carbocycles. The van der Waals surface area contributed by atoms with Crippen LogP contribution < -0.4 is 10.1 Å². The van der Waals surface area contributed by atoms with Gasteiger partial charge in [-0.3, -0.25) is 9.36 Å². The van der Waals surface area contributed by atoms with Crippen molar-refractivity contribution in [3.63, 3.8) is 0 Å². The number of carbonyl (C=O) groups excluding carboxylic acids is 1. The Labute approximate surface area is 180 Å². The van der Waals surface area contributed by atoms with Gasteiger partial charge in [-0.1, -0.05) is 6.58 Å². The lowest BCUT2D eigenvalue weighted by Gasteiger charge is -2.14. The van der Waals surface area contributed by atoms with Crippen molar-refractivity contribution in [3.8, 4) is 5.75 Å². The fourth-order valence-corrected chi connectivity index (χ4v) is 2.99. The van der Waals surface area contributed by atoms with Crippen LogP contribution in [-0.4, -0.2) is 71.6 Å². The molecule has 0 aliphatic heterocycles. The molecule has 3 rings (SSSR count). The van der Waals surface area contributed by atoms with E-state index < -0.39 is 5.82 Å². The molecular weight excluding hydrogens is 399 g/mol. The molecule has 0 atom stereocenters. The topological polar surface area (TPSA) is 75.5 Å². The van der Waals surface area contributed by atoms with E-state index >= 15 is 0 Å². The summed E-state index contributed by atoms with van der Waals surface area (Å²) in [5, 5.41) is 3.70. The van der Waals surface area contributed by atoms with Crippen LogP contribution in [0.15, 0.2) is 37.0 Å². The van der Waals surface area contributed by atoms with Crippen LogP contribution in [0.1, 0.15) is 17.4 Å². The fraction of sp³-hybridized carbons (Fsp3) is 0.318. The van der Waals surface area contributed by atoms with Crippen LogP contribution in [0.4, 0.5) is 16.0 Å². The van der Waals surface area contributed by atoms with Gasteiger partial charge in [0.15, 0.2) is 17.2 Å². The van der Waals surface area contributed by atoms with E-state index in [1.54, 1.807) is 50.0 Å². The fourth-order valence-electron chi connectivity index (χ4n) is 2.99. The van der Waals surface area contributed by atoms with Crippen LogP contribution in [0.3, 0.4) is 0 Å². The van der Waals surface area contributed by atoms with Gasteiger partial charge in [0.25, 0.3) is 5.91 Å². The summed E-state index contributed by atoms with van der Waals surface area (Å²) >= 11 is 0. The predicted octanol–water partition coefficient (Wildman–Crippen LogP) is 3.45. The van der Waals surface area contributed by atoms with Gasteiger partial charge in [-0.25, -0.2) is 9.37 Å². The van der Waals surface area contributed by atoms with Crippen LogP contribution in [0, 0.1) is 5.82 Å². The first-order valence-electron chi connectivity index (χ1n) is 9.77. The molecule has 0 bridgehead atoms. The third-order valence-corrected chi connectivity index (χ3v) is 4.53. The number of anilines is 2. The number of likely N-dealkylation sites (N-methyl/N-ethyl adjacent to an activating group) is 1. The van der Waals surface area contributed by atoms with Crippen LogP contribution >= 0.6 is 0 Å². The summed E-state index contributed by atoms with van der Waals surface area (Å²) in [5.41, 5.74) is 2.12. The predicted molar refractivity (Wildman–Crippen MR) is 120 cm³/mol. The van der Waals surface area contributed by atoms with Crippen molar-refractivity contribution < 1.29 is 13.9 Å². The minimum atomic E-state index is -0.478. The average molecular weight is 426 g/mol. The summed E-state index contributed by atoms with van der Waals surface area (Å²) < 4.78 is 21.6. The maximum Gasteiger partial charge on any atom is 0.270 e. The zero-order valence-electron chi connectivity index (χ0n) is 18.4. The minimum Gasteiger partial charge on any atom is -0.489 e. The van der Waals surface area contributed by atoms with Gasteiger partial charge in [-0.2, -0.15) is 4.98 Å². The second-order valence-corrected chi connectivity index (χ2v) is 7.69. The molecule has 1 amide bonds. The molecule has 31 heavy (non-hydrogen) atoms. The molecule has 3 aromatic rings. The molecule has 0 aliphatic rings. The Morgan fingerprint density at radius 3 is 2.61 bits per heavy atom. The van der Waals surface area contributed by atoms with E-state index in [2.05, 4.69) is 21.9 Å². The van der Waals surface area contributed by atoms with Gasteiger partial charge in [0.1, 0.15) is 12.3 Å². The molecule has 0 radical (unpaired) electrons. The molecule has 8 nitrogen and oxygen atoms in total. The first-order chi connectivity index (χ1) is 14.7. The Kier molecular flexibility index (Phi) is 6.55. The molecule has 2 heterocycles. The van der Waals surface area contributed by atoms with E-state index in [9.17, 15) is 9.18 Å². The normalized spacial score (nSPS) is 11.1. The number of nitrogens with one attached hydrogen (secondary N) is 1. The minimum absolute atomic E-state index is 0.164. The van der Waals surface area contributed by atoms with E-state index in [0.29, 0.717) is 41.3 Å². The van der Waals surface area contributed by atoms with Gasteiger partial charge in [0.05, 0.1) is 0 Å². The van der Waals surface area contributed by atoms with Crippen molar-refractivity contribution in [1.29, 1.82) is 0 Å². The monoisotopic (exact) mass is 426 g/mol. The molecule has 0 spiro atoms. The number of hydrogen-bond acceptors (Lipinski definition) is 6. The summed E-state index contributed by atoms with van der Waals surface area (Å²) in [6, 6.07) is 6.32. The number of fused-ring (bicyclic) bond motifs is 1. The van der Waals surface area contributed by atoms with Crippen molar-refractivity contribution in [2.75, 3.05) is 46.7 Å². The quantitative estimate of drug-likeness (QED) is 0.595.